The lowest BCUT2D eigenvalue weighted by Gasteiger charge is -2.09. The van der Waals surface area contributed by atoms with Crippen LogP contribution in [0.1, 0.15) is 29.3 Å². The first kappa shape index (κ1) is 10.9. The Balaban J connectivity index is 3.41. The number of benzene rings is 1. The molecule has 2 nitrogen and oxygen atoms in total. The second kappa shape index (κ2) is 3.92. The molecule has 0 fully saturated rings. The van der Waals surface area contributed by atoms with Crippen LogP contribution >= 0.6 is 11.6 Å². The molecule has 0 aliphatic rings. The highest BCUT2D eigenvalue weighted by Crippen LogP contribution is 2.32. The molecule has 1 rings (SSSR count). The molecule has 0 bridgehead atoms. The molecule has 0 unspecified atom stereocenters. The summed E-state index contributed by atoms with van der Waals surface area (Å²) in [7, 11) is 0. The lowest BCUT2D eigenvalue weighted by atomic mass is 10.1. The maximum atomic E-state index is 12.4. The standard InChI is InChI=1S/C9H8ClF2NO/c1-4(14)7-6(13)3-2-5(8(7)10)9(11)12/h2-3,9H,13H2,1H3. The van der Waals surface area contributed by atoms with Crippen LogP contribution in [0.2, 0.25) is 5.02 Å². The number of carbonyl (C=O) groups excluding carboxylic acids is 1. The van der Waals surface area contributed by atoms with Crippen molar-refractivity contribution in [1.29, 1.82) is 0 Å². The molecule has 0 saturated carbocycles. The number of ketones is 1. The van der Waals surface area contributed by atoms with Gasteiger partial charge in [0.1, 0.15) is 0 Å². The lowest BCUT2D eigenvalue weighted by molar-refractivity contribution is 0.101. The van der Waals surface area contributed by atoms with E-state index < -0.39 is 12.2 Å². The van der Waals surface area contributed by atoms with E-state index in [1.54, 1.807) is 0 Å². The van der Waals surface area contributed by atoms with E-state index >= 15 is 0 Å². The Bertz CT molecular complexity index is 379. The van der Waals surface area contributed by atoms with Crippen LogP contribution in [-0.4, -0.2) is 5.78 Å². The summed E-state index contributed by atoms with van der Waals surface area (Å²) < 4.78 is 24.7. The predicted molar refractivity (Wildman–Crippen MR) is 50.8 cm³/mol. The molecule has 1 aromatic carbocycles. The second-order valence-corrected chi connectivity index (χ2v) is 3.17. The highest BCUT2D eigenvalue weighted by Gasteiger charge is 2.18. The molecular weight excluding hydrogens is 212 g/mol. The van der Waals surface area contributed by atoms with Gasteiger partial charge in [0.25, 0.3) is 6.43 Å². The summed E-state index contributed by atoms with van der Waals surface area (Å²) in [5.41, 5.74) is 5.15. The molecule has 14 heavy (non-hydrogen) atoms. The van der Waals surface area contributed by atoms with Crippen LogP contribution in [0, 0.1) is 0 Å². The third kappa shape index (κ3) is 1.85. The van der Waals surface area contributed by atoms with Gasteiger partial charge >= 0.3 is 0 Å². The predicted octanol–water partition coefficient (Wildman–Crippen LogP) is 3.06. The van der Waals surface area contributed by atoms with Crippen LogP contribution < -0.4 is 5.73 Å². The smallest absolute Gasteiger partial charge is 0.265 e. The molecule has 0 saturated heterocycles. The van der Waals surface area contributed by atoms with Gasteiger partial charge < -0.3 is 5.73 Å². The molecule has 2 N–H and O–H groups in total. The summed E-state index contributed by atoms with van der Waals surface area (Å²) in [5, 5.41) is -0.257. The Hall–Kier alpha value is -1.16. The van der Waals surface area contributed by atoms with Crippen molar-refractivity contribution in [1.82, 2.24) is 0 Å². The van der Waals surface area contributed by atoms with Gasteiger partial charge in [0.05, 0.1) is 10.6 Å². The molecule has 76 valence electrons. The summed E-state index contributed by atoms with van der Waals surface area (Å²) in [4.78, 5) is 11.1. The molecule has 0 spiro atoms. The number of hydrogen-bond acceptors (Lipinski definition) is 2. The minimum atomic E-state index is -2.71. The Morgan fingerprint density at radius 2 is 2.07 bits per heavy atom. The van der Waals surface area contributed by atoms with Gasteiger partial charge in [0, 0.05) is 11.3 Å². The van der Waals surface area contributed by atoms with E-state index in [1.807, 2.05) is 0 Å². The monoisotopic (exact) mass is 219 g/mol. The number of rotatable bonds is 2. The Labute approximate surface area is 84.7 Å². The highest BCUT2D eigenvalue weighted by molar-refractivity contribution is 6.35. The Kier molecular flexibility index (Phi) is 3.06. The summed E-state index contributed by atoms with van der Waals surface area (Å²) in [6.07, 6.45) is -2.71. The number of anilines is 1. The molecule has 5 heteroatoms. The lowest BCUT2D eigenvalue weighted by Crippen LogP contribution is -2.03. The zero-order valence-corrected chi connectivity index (χ0v) is 8.11. The maximum Gasteiger partial charge on any atom is 0.265 e. The summed E-state index contributed by atoms with van der Waals surface area (Å²) in [6, 6.07) is 2.37. The fourth-order valence-electron chi connectivity index (χ4n) is 1.13. The molecule has 0 aromatic heterocycles. The number of Topliss-reactive ketones (excluding diaryl/α,β-unsaturated/α-hetero) is 1. The third-order valence-corrected chi connectivity index (χ3v) is 2.20. The number of halogens is 3. The zero-order chi connectivity index (χ0) is 10.9. The fourth-order valence-corrected chi connectivity index (χ4v) is 1.52. The van der Waals surface area contributed by atoms with Gasteiger partial charge in [-0.1, -0.05) is 11.6 Å². The Morgan fingerprint density at radius 3 is 2.50 bits per heavy atom. The van der Waals surface area contributed by atoms with Gasteiger partial charge in [0.15, 0.2) is 5.78 Å². The van der Waals surface area contributed by atoms with Crippen LogP contribution in [0.15, 0.2) is 12.1 Å². The number of nitrogens with two attached hydrogens (primary N) is 1. The maximum absolute atomic E-state index is 12.4. The van der Waals surface area contributed by atoms with Crippen LogP contribution in [0.5, 0.6) is 0 Å². The van der Waals surface area contributed by atoms with E-state index in [1.165, 1.54) is 13.0 Å². The van der Waals surface area contributed by atoms with Crippen LogP contribution in [-0.2, 0) is 0 Å². The second-order valence-electron chi connectivity index (χ2n) is 2.79. The van der Waals surface area contributed by atoms with E-state index in [0.29, 0.717) is 0 Å². The molecule has 0 aliphatic heterocycles. The minimum Gasteiger partial charge on any atom is -0.398 e. The SMILES string of the molecule is CC(=O)c1c(N)ccc(C(F)F)c1Cl. The van der Waals surface area contributed by atoms with Crippen molar-refractivity contribution >= 4 is 23.1 Å². The van der Waals surface area contributed by atoms with Crippen molar-refractivity contribution in [2.75, 3.05) is 5.73 Å². The van der Waals surface area contributed by atoms with E-state index in [2.05, 4.69) is 0 Å². The van der Waals surface area contributed by atoms with Crippen molar-refractivity contribution in [3.8, 4) is 0 Å². The van der Waals surface area contributed by atoms with Gasteiger partial charge in [-0.2, -0.15) is 0 Å². The summed E-state index contributed by atoms with van der Waals surface area (Å²) in [6.45, 7) is 1.23. The molecule has 0 heterocycles. The van der Waals surface area contributed by atoms with E-state index in [4.69, 9.17) is 17.3 Å². The average molecular weight is 220 g/mol. The molecule has 0 atom stereocenters. The number of carbonyl (C=O) groups is 1. The quantitative estimate of drug-likeness (QED) is 0.614. The highest BCUT2D eigenvalue weighted by atomic mass is 35.5. The van der Waals surface area contributed by atoms with Gasteiger partial charge in [-0.25, -0.2) is 8.78 Å². The molecule has 0 radical (unpaired) electrons. The van der Waals surface area contributed by atoms with Crippen molar-refractivity contribution < 1.29 is 13.6 Å². The molecule has 1 aromatic rings. The van der Waals surface area contributed by atoms with Gasteiger partial charge in [-0.05, 0) is 19.1 Å². The van der Waals surface area contributed by atoms with Gasteiger partial charge in [0.2, 0.25) is 0 Å². The molecule has 0 amide bonds. The van der Waals surface area contributed by atoms with Crippen molar-refractivity contribution in [3.05, 3.63) is 28.3 Å². The van der Waals surface area contributed by atoms with E-state index in [9.17, 15) is 13.6 Å². The van der Waals surface area contributed by atoms with E-state index in [-0.39, 0.29) is 21.8 Å². The van der Waals surface area contributed by atoms with Crippen LogP contribution in [0.4, 0.5) is 14.5 Å². The number of hydrogen-bond donors (Lipinski definition) is 1. The van der Waals surface area contributed by atoms with Crippen molar-refractivity contribution in [2.45, 2.75) is 13.3 Å². The van der Waals surface area contributed by atoms with Crippen molar-refractivity contribution in [2.24, 2.45) is 0 Å². The van der Waals surface area contributed by atoms with Crippen LogP contribution in [0.3, 0.4) is 0 Å². The van der Waals surface area contributed by atoms with Crippen LogP contribution in [0.25, 0.3) is 0 Å². The van der Waals surface area contributed by atoms with Gasteiger partial charge in [-0.3, -0.25) is 4.79 Å². The fraction of sp³-hybridized carbons (Fsp3) is 0.222. The average Bonchev–Trinajstić information content (AvgIpc) is 2.02. The van der Waals surface area contributed by atoms with E-state index in [0.717, 1.165) is 6.07 Å². The normalized spacial score (nSPS) is 10.6. The summed E-state index contributed by atoms with van der Waals surface area (Å²) >= 11 is 5.62. The van der Waals surface area contributed by atoms with Crippen molar-refractivity contribution in [3.63, 3.8) is 0 Å². The van der Waals surface area contributed by atoms with Gasteiger partial charge in [-0.15, -0.1) is 0 Å². The first-order valence-corrected chi connectivity index (χ1v) is 4.20. The molecular formula is C9H8ClF2NO. The third-order valence-electron chi connectivity index (χ3n) is 1.79. The Morgan fingerprint density at radius 1 is 1.50 bits per heavy atom. The minimum absolute atomic E-state index is 0.0375. The number of alkyl halides is 2. The summed E-state index contributed by atoms with van der Waals surface area (Å²) in [5.74, 6) is -0.421. The number of nitrogen functional groups attached to an aromatic ring is 1. The first-order chi connectivity index (χ1) is 6.45. The first-order valence-electron chi connectivity index (χ1n) is 3.82. The molecule has 0 aliphatic carbocycles. The topological polar surface area (TPSA) is 43.1 Å². The largest absolute Gasteiger partial charge is 0.398 e. The zero-order valence-electron chi connectivity index (χ0n) is 7.35.